The van der Waals surface area contributed by atoms with Crippen molar-refractivity contribution < 1.29 is 14.3 Å². The van der Waals surface area contributed by atoms with Crippen molar-refractivity contribution in [2.45, 2.75) is 45.3 Å². The van der Waals surface area contributed by atoms with Crippen LogP contribution in [0.1, 0.15) is 41.5 Å². The molecule has 0 bridgehead atoms. The van der Waals surface area contributed by atoms with Gasteiger partial charge in [-0.2, -0.15) is 10.1 Å². The van der Waals surface area contributed by atoms with Gasteiger partial charge in [0, 0.05) is 28.6 Å². The Morgan fingerprint density at radius 1 is 1.25 bits per heavy atom. The van der Waals surface area contributed by atoms with E-state index in [2.05, 4.69) is 20.4 Å². The Kier molecular flexibility index (Phi) is 4.77. The highest BCUT2D eigenvalue weighted by atomic mass is 16.5. The van der Waals surface area contributed by atoms with Crippen molar-refractivity contribution >= 4 is 17.7 Å². The summed E-state index contributed by atoms with van der Waals surface area (Å²) in [5, 5.41) is 7.04. The average molecular weight is 379 g/mol. The maximum Gasteiger partial charge on any atom is 0.311 e. The quantitative estimate of drug-likeness (QED) is 0.656. The Morgan fingerprint density at radius 2 is 2.00 bits per heavy atom. The molecule has 1 fully saturated rings. The van der Waals surface area contributed by atoms with Crippen molar-refractivity contribution in [3.63, 3.8) is 0 Å². The molecule has 28 heavy (non-hydrogen) atoms. The van der Waals surface area contributed by atoms with E-state index in [9.17, 15) is 9.59 Å². The van der Waals surface area contributed by atoms with E-state index in [-0.39, 0.29) is 18.4 Å². The molecule has 1 N–H and O–H groups in total. The highest BCUT2D eigenvalue weighted by Crippen LogP contribution is 2.24. The first-order chi connectivity index (χ1) is 13.5. The topological polar surface area (TPSA) is 98.5 Å². The largest absolute Gasteiger partial charge is 0.447 e. The zero-order chi connectivity index (χ0) is 19.7. The Hall–Kier alpha value is -3.29. The predicted molar refractivity (Wildman–Crippen MR) is 100 cm³/mol. The minimum Gasteiger partial charge on any atom is -0.447 e. The van der Waals surface area contributed by atoms with Crippen molar-refractivity contribution in [3.8, 4) is 0 Å². The van der Waals surface area contributed by atoms with E-state index in [1.807, 2.05) is 32.0 Å². The number of esters is 1. The first-order valence-corrected chi connectivity index (χ1v) is 9.23. The predicted octanol–water partition coefficient (Wildman–Crippen LogP) is 1.85. The lowest BCUT2D eigenvalue weighted by Gasteiger charge is -2.18. The number of rotatable bonds is 6. The Labute approximate surface area is 161 Å². The van der Waals surface area contributed by atoms with Crippen LogP contribution >= 0.6 is 0 Å². The van der Waals surface area contributed by atoms with Gasteiger partial charge >= 0.3 is 5.97 Å². The van der Waals surface area contributed by atoms with Crippen LogP contribution in [0.25, 0.3) is 5.78 Å². The number of carbonyl (C=O) groups excluding carboxylic acids is 2. The summed E-state index contributed by atoms with van der Waals surface area (Å²) in [7, 11) is 0. The second-order valence-corrected chi connectivity index (χ2v) is 6.97. The average Bonchev–Trinajstić information content (AvgIpc) is 3.37. The van der Waals surface area contributed by atoms with Gasteiger partial charge in [0.25, 0.3) is 11.7 Å². The number of hydrogen-bond donors (Lipinski definition) is 1. The maximum atomic E-state index is 12.7. The van der Waals surface area contributed by atoms with Crippen LogP contribution in [0.15, 0.2) is 36.7 Å². The SMILES string of the molecule is Cc1nc2ncnn2c(C)c1CC(=O)O[C@H](C(=O)NC1CC1)c1ccccc1. The molecule has 8 heteroatoms. The summed E-state index contributed by atoms with van der Waals surface area (Å²) in [6.07, 6.45) is 2.37. The van der Waals surface area contributed by atoms with E-state index in [0.717, 1.165) is 24.1 Å². The van der Waals surface area contributed by atoms with E-state index >= 15 is 0 Å². The number of aryl methyl sites for hydroxylation is 2. The molecule has 0 radical (unpaired) electrons. The van der Waals surface area contributed by atoms with Gasteiger partial charge in [-0.25, -0.2) is 9.50 Å². The van der Waals surface area contributed by atoms with Crippen LogP contribution in [0.4, 0.5) is 0 Å². The molecule has 3 aromatic rings. The van der Waals surface area contributed by atoms with E-state index in [4.69, 9.17) is 4.74 Å². The molecule has 2 heterocycles. The molecule has 1 aliphatic rings. The Balaban J connectivity index is 1.55. The molecular formula is C20H21N5O3. The van der Waals surface area contributed by atoms with Crippen molar-refractivity contribution in [1.82, 2.24) is 24.9 Å². The van der Waals surface area contributed by atoms with Crippen LogP contribution in [0, 0.1) is 13.8 Å². The molecule has 4 rings (SSSR count). The molecule has 1 saturated carbocycles. The number of ether oxygens (including phenoxy) is 1. The number of hydrogen-bond acceptors (Lipinski definition) is 6. The van der Waals surface area contributed by atoms with Crippen molar-refractivity contribution in [2.24, 2.45) is 0 Å². The summed E-state index contributed by atoms with van der Waals surface area (Å²) >= 11 is 0. The fourth-order valence-electron chi connectivity index (χ4n) is 3.13. The third kappa shape index (κ3) is 3.71. The highest BCUT2D eigenvalue weighted by molar-refractivity contribution is 5.86. The number of nitrogens with one attached hydrogen (secondary N) is 1. The van der Waals surface area contributed by atoms with Crippen LogP contribution < -0.4 is 5.32 Å². The second kappa shape index (κ2) is 7.38. The van der Waals surface area contributed by atoms with Gasteiger partial charge in [-0.15, -0.1) is 0 Å². The molecule has 1 amide bonds. The van der Waals surface area contributed by atoms with Gasteiger partial charge in [0.2, 0.25) is 6.10 Å². The van der Waals surface area contributed by atoms with E-state index < -0.39 is 12.1 Å². The van der Waals surface area contributed by atoms with Crippen LogP contribution in [0.5, 0.6) is 0 Å². The summed E-state index contributed by atoms with van der Waals surface area (Å²) in [4.78, 5) is 33.8. The van der Waals surface area contributed by atoms with Crippen LogP contribution in [0.2, 0.25) is 0 Å². The Bertz CT molecular complexity index is 1030. The fraction of sp³-hybridized carbons (Fsp3) is 0.350. The molecule has 0 aliphatic heterocycles. The number of nitrogens with zero attached hydrogens (tertiary/aromatic N) is 4. The monoisotopic (exact) mass is 379 g/mol. The molecule has 1 aromatic carbocycles. The molecule has 0 unspecified atom stereocenters. The van der Waals surface area contributed by atoms with Gasteiger partial charge in [-0.3, -0.25) is 9.59 Å². The van der Waals surface area contributed by atoms with Crippen molar-refractivity contribution in [3.05, 3.63) is 59.2 Å². The Morgan fingerprint density at radius 3 is 2.71 bits per heavy atom. The van der Waals surface area contributed by atoms with Gasteiger partial charge in [0.1, 0.15) is 6.33 Å². The number of fused-ring (bicyclic) bond motifs is 1. The summed E-state index contributed by atoms with van der Waals surface area (Å²) in [6, 6.07) is 9.23. The van der Waals surface area contributed by atoms with Crippen LogP contribution in [-0.2, 0) is 20.7 Å². The zero-order valence-corrected chi connectivity index (χ0v) is 15.8. The number of amides is 1. The van der Waals surface area contributed by atoms with Crippen LogP contribution in [-0.4, -0.2) is 37.5 Å². The smallest absolute Gasteiger partial charge is 0.311 e. The molecule has 0 spiro atoms. The fourth-order valence-corrected chi connectivity index (χ4v) is 3.13. The molecule has 8 nitrogen and oxygen atoms in total. The summed E-state index contributed by atoms with van der Waals surface area (Å²) in [5.74, 6) is -0.300. The lowest BCUT2D eigenvalue weighted by Crippen LogP contribution is -2.34. The lowest BCUT2D eigenvalue weighted by molar-refractivity contribution is -0.156. The summed E-state index contributed by atoms with van der Waals surface area (Å²) < 4.78 is 7.20. The normalized spacial score (nSPS) is 14.6. The molecule has 0 saturated heterocycles. The second-order valence-electron chi connectivity index (χ2n) is 6.97. The van der Waals surface area contributed by atoms with E-state index in [1.165, 1.54) is 6.33 Å². The molecule has 144 valence electrons. The molecule has 2 aromatic heterocycles. The lowest BCUT2D eigenvalue weighted by atomic mass is 10.1. The van der Waals surface area contributed by atoms with Gasteiger partial charge in [-0.05, 0) is 26.7 Å². The molecule has 1 atom stereocenters. The zero-order valence-electron chi connectivity index (χ0n) is 15.8. The van der Waals surface area contributed by atoms with Gasteiger partial charge in [0.15, 0.2) is 0 Å². The highest BCUT2D eigenvalue weighted by Gasteiger charge is 2.31. The van der Waals surface area contributed by atoms with E-state index in [1.54, 1.807) is 16.6 Å². The van der Waals surface area contributed by atoms with Crippen molar-refractivity contribution in [2.75, 3.05) is 0 Å². The third-order valence-corrected chi connectivity index (χ3v) is 4.82. The molecule has 1 aliphatic carbocycles. The minimum atomic E-state index is -0.974. The minimum absolute atomic E-state index is 0.000505. The number of aromatic nitrogens is 4. The third-order valence-electron chi connectivity index (χ3n) is 4.82. The van der Waals surface area contributed by atoms with Gasteiger partial charge in [0.05, 0.1) is 6.42 Å². The van der Waals surface area contributed by atoms with Gasteiger partial charge < -0.3 is 10.1 Å². The first kappa shape index (κ1) is 18.1. The number of carbonyl (C=O) groups is 2. The first-order valence-electron chi connectivity index (χ1n) is 9.23. The maximum absolute atomic E-state index is 12.7. The van der Waals surface area contributed by atoms with Crippen LogP contribution in [0.3, 0.4) is 0 Å². The number of benzene rings is 1. The summed E-state index contributed by atoms with van der Waals surface area (Å²) in [6.45, 7) is 3.67. The van der Waals surface area contributed by atoms with E-state index in [0.29, 0.717) is 17.0 Å². The molecular weight excluding hydrogens is 358 g/mol. The van der Waals surface area contributed by atoms with Gasteiger partial charge in [-0.1, -0.05) is 30.3 Å². The van der Waals surface area contributed by atoms with Crippen molar-refractivity contribution in [1.29, 1.82) is 0 Å². The summed E-state index contributed by atoms with van der Waals surface area (Å²) in [5.41, 5.74) is 2.83. The standard InChI is InChI=1S/C20H21N5O3/c1-12-16(13(2)25-20(23-12)21-11-22-25)10-17(26)28-18(14-6-4-3-5-7-14)19(27)24-15-8-9-15/h3-7,11,15,18H,8-10H2,1-2H3,(H,24,27)/t18-/m0/s1.